The number of nitrogens with zero attached hydrogens (tertiary/aromatic N) is 1. The summed E-state index contributed by atoms with van der Waals surface area (Å²) in [5.41, 5.74) is 3.36. The van der Waals surface area contributed by atoms with Gasteiger partial charge in [-0.1, -0.05) is 12.1 Å². The summed E-state index contributed by atoms with van der Waals surface area (Å²) in [6.45, 7) is 4.48. The van der Waals surface area contributed by atoms with E-state index >= 15 is 0 Å². The Bertz CT molecular complexity index is 843. The molecule has 3 fully saturated rings. The molecule has 1 aliphatic carbocycles. The highest BCUT2D eigenvalue weighted by molar-refractivity contribution is 6.05. The van der Waals surface area contributed by atoms with Crippen LogP contribution in [-0.4, -0.2) is 48.3 Å². The minimum atomic E-state index is -0.556. The number of nitrogens with one attached hydrogen (secondary N) is 3. The van der Waals surface area contributed by atoms with Crippen molar-refractivity contribution in [3.8, 4) is 0 Å². The first-order chi connectivity index (χ1) is 13.6. The number of hydrogen-bond acceptors (Lipinski definition) is 5. The van der Waals surface area contributed by atoms with E-state index in [0.717, 1.165) is 43.2 Å². The van der Waals surface area contributed by atoms with Gasteiger partial charge in [-0.25, -0.2) is 0 Å². The van der Waals surface area contributed by atoms with Gasteiger partial charge in [-0.15, -0.1) is 0 Å². The summed E-state index contributed by atoms with van der Waals surface area (Å²) >= 11 is 0. The van der Waals surface area contributed by atoms with E-state index in [1.807, 2.05) is 12.1 Å². The van der Waals surface area contributed by atoms with Gasteiger partial charge in [0.1, 0.15) is 6.04 Å². The molecule has 28 heavy (non-hydrogen) atoms. The highest BCUT2D eigenvalue weighted by Gasteiger charge is 2.50. The van der Waals surface area contributed by atoms with Gasteiger partial charge in [-0.3, -0.25) is 19.7 Å². The van der Waals surface area contributed by atoms with Crippen LogP contribution in [0.4, 0.5) is 0 Å². The first-order valence-electron chi connectivity index (χ1n) is 10.2. The van der Waals surface area contributed by atoms with Gasteiger partial charge in [0.25, 0.3) is 5.91 Å². The Morgan fingerprint density at radius 2 is 2.04 bits per heavy atom. The molecule has 7 nitrogen and oxygen atoms in total. The Hall–Kier alpha value is -2.25. The largest absolute Gasteiger partial charge is 0.322 e. The predicted octanol–water partition coefficient (Wildman–Crippen LogP) is 0.537. The molecule has 1 spiro atoms. The van der Waals surface area contributed by atoms with Gasteiger partial charge in [0.2, 0.25) is 11.8 Å². The van der Waals surface area contributed by atoms with Gasteiger partial charge in [0, 0.05) is 38.2 Å². The molecule has 1 saturated carbocycles. The number of rotatable bonds is 5. The Kier molecular flexibility index (Phi) is 4.25. The zero-order valence-electron chi connectivity index (χ0n) is 15.9. The molecule has 0 bridgehead atoms. The molecule has 1 aromatic rings. The Labute approximate surface area is 164 Å². The predicted molar refractivity (Wildman–Crippen MR) is 102 cm³/mol. The lowest BCUT2D eigenvalue weighted by Gasteiger charge is -2.56. The van der Waals surface area contributed by atoms with Crippen molar-refractivity contribution in [2.75, 3.05) is 19.6 Å². The number of imide groups is 1. The number of amides is 3. The van der Waals surface area contributed by atoms with Gasteiger partial charge in [0.15, 0.2) is 0 Å². The number of carbonyl (C=O) groups excluding carboxylic acids is 3. The van der Waals surface area contributed by atoms with E-state index in [9.17, 15) is 14.4 Å². The van der Waals surface area contributed by atoms with Crippen LogP contribution in [0.3, 0.4) is 0 Å². The molecule has 148 valence electrons. The molecule has 2 atom stereocenters. The summed E-state index contributed by atoms with van der Waals surface area (Å²) in [5.74, 6) is 0.0177. The molecule has 1 aromatic carbocycles. The van der Waals surface area contributed by atoms with Gasteiger partial charge >= 0.3 is 0 Å². The molecule has 4 aliphatic rings. The third-order valence-electron chi connectivity index (χ3n) is 7.20. The summed E-state index contributed by atoms with van der Waals surface area (Å²) < 4.78 is 0. The zero-order chi connectivity index (χ0) is 19.3. The number of hydrogen-bond donors (Lipinski definition) is 3. The molecular weight excluding hydrogens is 356 g/mol. The van der Waals surface area contributed by atoms with Crippen LogP contribution in [0, 0.1) is 11.3 Å². The van der Waals surface area contributed by atoms with Gasteiger partial charge in [0.05, 0.1) is 0 Å². The number of piperidine rings is 1. The number of fused-ring (bicyclic) bond motifs is 1. The Morgan fingerprint density at radius 1 is 1.18 bits per heavy atom. The van der Waals surface area contributed by atoms with Crippen molar-refractivity contribution in [3.63, 3.8) is 0 Å². The van der Waals surface area contributed by atoms with Crippen molar-refractivity contribution < 1.29 is 14.4 Å². The summed E-state index contributed by atoms with van der Waals surface area (Å²) in [7, 11) is 0. The van der Waals surface area contributed by atoms with Crippen LogP contribution in [0.1, 0.15) is 47.2 Å². The molecule has 3 amide bonds. The summed E-state index contributed by atoms with van der Waals surface area (Å²) in [6.07, 6.45) is 3.31. The first kappa shape index (κ1) is 17.8. The number of carbonyl (C=O) groups is 3. The second-order valence-corrected chi connectivity index (χ2v) is 8.68. The molecule has 3 aliphatic heterocycles. The van der Waals surface area contributed by atoms with Gasteiger partial charge in [-0.2, -0.15) is 0 Å². The molecule has 0 aromatic heterocycles. The zero-order valence-corrected chi connectivity index (χ0v) is 15.9. The molecule has 0 radical (unpaired) electrons. The van der Waals surface area contributed by atoms with E-state index in [1.54, 1.807) is 4.90 Å². The average Bonchev–Trinajstić information content (AvgIpc) is 2.94. The Balaban J connectivity index is 1.26. The maximum absolute atomic E-state index is 12.9. The van der Waals surface area contributed by atoms with E-state index in [4.69, 9.17) is 0 Å². The maximum atomic E-state index is 12.9. The Morgan fingerprint density at radius 3 is 2.71 bits per heavy atom. The second kappa shape index (κ2) is 6.67. The topological polar surface area (TPSA) is 90.5 Å². The summed E-state index contributed by atoms with van der Waals surface area (Å²) in [6, 6.07) is 5.27. The van der Waals surface area contributed by atoms with Crippen molar-refractivity contribution in [2.45, 2.75) is 44.8 Å². The second-order valence-electron chi connectivity index (χ2n) is 8.68. The lowest BCUT2D eigenvalue weighted by Crippen LogP contribution is -2.64. The maximum Gasteiger partial charge on any atom is 0.255 e. The van der Waals surface area contributed by atoms with Crippen molar-refractivity contribution in [1.29, 1.82) is 0 Å². The van der Waals surface area contributed by atoms with E-state index < -0.39 is 6.04 Å². The molecule has 7 heteroatoms. The van der Waals surface area contributed by atoms with Crippen LogP contribution >= 0.6 is 0 Å². The smallest absolute Gasteiger partial charge is 0.255 e. The van der Waals surface area contributed by atoms with Crippen LogP contribution in [-0.2, 0) is 22.7 Å². The van der Waals surface area contributed by atoms with Crippen LogP contribution in [0.25, 0.3) is 0 Å². The normalized spacial score (nSPS) is 28.0. The monoisotopic (exact) mass is 382 g/mol. The van der Waals surface area contributed by atoms with Crippen LogP contribution in [0.15, 0.2) is 18.2 Å². The highest BCUT2D eigenvalue weighted by atomic mass is 16.2. The van der Waals surface area contributed by atoms with Crippen molar-refractivity contribution in [1.82, 2.24) is 20.9 Å². The fourth-order valence-corrected chi connectivity index (χ4v) is 5.18. The van der Waals surface area contributed by atoms with Crippen molar-refractivity contribution >= 4 is 17.7 Å². The van der Waals surface area contributed by atoms with Crippen LogP contribution < -0.4 is 16.0 Å². The fraction of sp³-hybridized carbons (Fsp3) is 0.571. The number of benzene rings is 1. The average molecular weight is 382 g/mol. The fourth-order valence-electron chi connectivity index (χ4n) is 5.18. The third-order valence-corrected chi connectivity index (χ3v) is 7.20. The molecule has 3 heterocycles. The molecular formula is C21H26N4O3. The van der Waals surface area contributed by atoms with E-state index in [0.29, 0.717) is 23.9 Å². The minimum Gasteiger partial charge on any atom is -0.322 e. The van der Waals surface area contributed by atoms with Crippen LogP contribution in [0.5, 0.6) is 0 Å². The standard InChI is InChI=1S/C21H26N4O3/c26-18-5-4-17(19(27)24-18)25-10-16-13(2-1-3-15(16)20(25)28)8-22-9-14-6-7-21(14)11-23-12-21/h1-3,14,17,22-23H,4-12H2,(H,24,26,27). The van der Waals surface area contributed by atoms with Crippen molar-refractivity contribution in [2.24, 2.45) is 11.3 Å². The quantitative estimate of drug-likeness (QED) is 0.647. The molecule has 5 rings (SSSR count). The summed E-state index contributed by atoms with van der Waals surface area (Å²) in [5, 5.41) is 9.35. The lowest BCUT2D eigenvalue weighted by atomic mass is 9.56. The molecule has 2 saturated heterocycles. The van der Waals surface area contributed by atoms with Crippen molar-refractivity contribution in [3.05, 3.63) is 34.9 Å². The highest BCUT2D eigenvalue weighted by Crippen LogP contribution is 2.49. The first-order valence-corrected chi connectivity index (χ1v) is 10.2. The SMILES string of the molecule is O=C1CCC(N2Cc3c(CNCC4CCC45CNC5)cccc3C2=O)C(=O)N1. The summed E-state index contributed by atoms with van der Waals surface area (Å²) in [4.78, 5) is 38.1. The minimum absolute atomic E-state index is 0.107. The van der Waals surface area contributed by atoms with Crippen LogP contribution in [0.2, 0.25) is 0 Å². The van der Waals surface area contributed by atoms with E-state index in [1.165, 1.54) is 12.8 Å². The lowest BCUT2D eigenvalue weighted by molar-refractivity contribution is -0.136. The molecule has 3 N–H and O–H groups in total. The van der Waals surface area contributed by atoms with Gasteiger partial charge in [-0.05, 0) is 54.3 Å². The van der Waals surface area contributed by atoms with Gasteiger partial charge < -0.3 is 15.5 Å². The molecule has 2 unspecified atom stereocenters. The third kappa shape index (κ3) is 2.76. The van der Waals surface area contributed by atoms with E-state index in [-0.39, 0.29) is 24.1 Å². The van der Waals surface area contributed by atoms with E-state index in [2.05, 4.69) is 22.0 Å².